The van der Waals surface area contributed by atoms with Crippen molar-refractivity contribution in [3.63, 3.8) is 0 Å². The first-order valence-corrected chi connectivity index (χ1v) is 6.44. The van der Waals surface area contributed by atoms with E-state index in [1.54, 1.807) is 0 Å². The van der Waals surface area contributed by atoms with E-state index in [0.717, 1.165) is 16.8 Å². The Kier molecular flexibility index (Phi) is 3.30. The zero-order valence-electron chi connectivity index (χ0n) is 10.9. The summed E-state index contributed by atoms with van der Waals surface area (Å²) in [6.45, 7) is 0.659. The van der Waals surface area contributed by atoms with Crippen molar-refractivity contribution in [2.45, 2.75) is 6.54 Å². The lowest BCUT2D eigenvalue weighted by Gasteiger charge is -2.07. The third kappa shape index (κ3) is 2.45. The first-order valence-electron chi connectivity index (χ1n) is 6.44. The van der Waals surface area contributed by atoms with E-state index < -0.39 is 0 Å². The minimum atomic E-state index is 0.444. The average molecular weight is 259 g/mol. The lowest BCUT2D eigenvalue weighted by Crippen LogP contribution is -2.03. The SMILES string of the molecule is N#Cc1cc(-c2ccccc2)n(Cc2ccccc2)n1. The molecular formula is C17H13N3. The molecule has 0 spiro atoms. The maximum absolute atomic E-state index is 9.06. The van der Waals surface area contributed by atoms with E-state index in [1.807, 2.05) is 59.3 Å². The van der Waals surface area contributed by atoms with Gasteiger partial charge in [0.2, 0.25) is 0 Å². The fraction of sp³-hybridized carbons (Fsp3) is 0.0588. The molecule has 0 fully saturated rings. The topological polar surface area (TPSA) is 41.6 Å². The number of nitrogens with zero attached hydrogens (tertiary/aromatic N) is 3. The monoisotopic (exact) mass is 259 g/mol. The van der Waals surface area contributed by atoms with Gasteiger partial charge < -0.3 is 0 Å². The van der Waals surface area contributed by atoms with Crippen LogP contribution in [0.2, 0.25) is 0 Å². The predicted molar refractivity (Wildman–Crippen MR) is 77.9 cm³/mol. The van der Waals surface area contributed by atoms with Crippen molar-refractivity contribution in [2.24, 2.45) is 0 Å². The van der Waals surface area contributed by atoms with Crippen LogP contribution in [0.5, 0.6) is 0 Å². The third-order valence-corrected chi connectivity index (χ3v) is 3.14. The normalized spacial score (nSPS) is 10.2. The van der Waals surface area contributed by atoms with Gasteiger partial charge in [0.05, 0.1) is 12.2 Å². The summed E-state index contributed by atoms with van der Waals surface area (Å²) in [7, 11) is 0. The van der Waals surface area contributed by atoms with Gasteiger partial charge in [0.25, 0.3) is 0 Å². The molecular weight excluding hydrogens is 246 g/mol. The van der Waals surface area contributed by atoms with Crippen LogP contribution in [0.4, 0.5) is 0 Å². The highest BCUT2D eigenvalue weighted by molar-refractivity contribution is 5.61. The Morgan fingerprint density at radius 3 is 2.25 bits per heavy atom. The zero-order chi connectivity index (χ0) is 13.8. The Morgan fingerprint density at radius 1 is 0.950 bits per heavy atom. The summed E-state index contributed by atoms with van der Waals surface area (Å²) in [5, 5.41) is 13.4. The summed E-state index contributed by atoms with van der Waals surface area (Å²) in [5.74, 6) is 0. The Balaban J connectivity index is 2.02. The minimum absolute atomic E-state index is 0.444. The second kappa shape index (κ2) is 5.41. The first kappa shape index (κ1) is 12.2. The average Bonchev–Trinajstić information content (AvgIpc) is 2.92. The molecule has 0 aliphatic heterocycles. The van der Waals surface area contributed by atoms with Crippen LogP contribution in [-0.4, -0.2) is 9.78 Å². The molecule has 0 radical (unpaired) electrons. The summed E-state index contributed by atoms with van der Waals surface area (Å²) >= 11 is 0. The molecule has 3 rings (SSSR count). The van der Waals surface area contributed by atoms with Crippen LogP contribution in [-0.2, 0) is 6.54 Å². The zero-order valence-corrected chi connectivity index (χ0v) is 10.9. The van der Waals surface area contributed by atoms with Crippen molar-refractivity contribution in [1.82, 2.24) is 9.78 Å². The maximum Gasteiger partial charge on any atom is 0.163 e. The standard InChI is InChI=1S/C17H13N3/c18-12-16-11-17(15-9-5-2-6-10-15)20(19-16)13-14-7-3-1-4-8-14/h1-11H,13H2. The van der Waals surface area contributed by atoms with Crippen molar-refractivity contribution < 1.29 is 0 Å². The lowest BCUT2D eigenvalue weighted by molar-refractivity contribution is 0.691. The van der Waals surface area contributed by atoms with E-state index in [0.29, 0.717) is 12.2 Å². The van der Waals surface area contributed by atoms with E-state index in [-0.39, 0.29) is 0 Å². The molecule has 0 amide bonds. The molecule has 3 nitrogen and oxygen atoms in total. The summed E-state index contributed by atoms with van der Waals surface area (Å²) < 4.78 is 1.88. The first-order chi connectivity index (χ1) is 9.86. The quantitative estimate of drug-likeness (QED) is 0.722. The molecule has 1 aromatic heterocycles. The van der Waals surface area contributed by atoms with Crippen molar-refractivity contribution in [1.29, 1.82) is 5.26 Å². The smallest absolute Gasteiger partial charge is 0.163 e. The van der Waals surface area contributed by atoms with Crippen molar-refractivity contribution >= 4 is 0 Å². The fourth-order valence-corrected chi connectivity index (χ4v) is 2.19. The third-order valence-electron chi connectivity index (χ3n) is 3.14. The molecule has 96 valence electrons. The van der Waals surface area contributed by atoms with Gasteiger partial charge in [0.1, 0.15) is 6.07 Å². The molecule has 0 atom stereocenters. The van der Waals surface area contributed by atoms with Crippen molar-refractivity contribution in [2.75, 3.05) is 0 Å². The molecule has 2 aromatic carbocycles. The summed E-state index contributed by atoms with van der Waals surface area (Å²) in [6.07, 6.45) is 0. The highest BCUT2D eigenvalue weighted by atomic mass is 15.3. The molecule has 0 bridgehead atoms. The predicted octanol–water partition coefficient (Wildman–Crippen LogP) is 3.47. The van der Waals surface area contributed by atoms with Gasteiger partial charge in [0, 0.05) is 6.07 Å². The van der Waals surface area contributed by atoms with Gasteiger partial charge in [-0.25, -0.2) is 0 Å². The molecule has 20 heavy (non-hydrogen) atoms. The summed E-state index contributed by atoms with van der Waals surface area (Å²) in [5.41, 5.74) is 3.64. The molecule has 0 aliphatic carbocycles. The van der Waals surface area contributed by atoms with Gasteiger partial charge in [-0.2, -0.15) is 10.4 Å². The highest BCUT2D eigenvalue weighted by Gasteiger charge is 2.09. The van der Waals surface area contributed by atoms with Crippen molar-refractivity contribution in [3.05, 3.63) is 78.0 Å². The van der Waals surface area contributed by atoms with E-state index in [1.165, 1.54) is 0 Å². The van der Waals surface area contributed by atoms with Crippen LogP contribution in [0.1, 0.15) is 11.3 Å². The Labute approximate surface area is 117 Å². The van der Waals surface area contributed by atoms with Crippen molar-refractivity contribution in [3.8, 4) is 17.3 Å². The van der Waals surface area contributed by atoms with Crippen LogP contribution < -0.4 is 0 Å². The van der Waals surface area contributed by atoms with Crippen LogP contribution in [0.3, 0.4) is 0 Å². The number of hydrogen-bond donors (Lipinski definition) is 0. The molecule has 3 heteroatoms. The second-order valence-electron chi connectivity index (χ2n) is 4.54. The van der Waals surface area contributed by atoms with E-state index in [9.17, 15) is 0 Å². The van der Waals surface area contributed by atoms with Gasteiger partial charge in [-0.3, -0.25) is 4.68 Å². The van der Waals surface area contributed by atoms with E-state index >= 15 is 0 Å². The molecule has 1 heterocycles. The van der Waals surface area contributed by atoms with Gasteiger partial charge in [-0.1, -0.05) is 60.7 Å². The second-order valence-corrected chi connectivity index (χ2v) is 4.54. The van der Waals surface area contributed by atoms with E-state index in [2.05, 4.69) is 23.3 Å². The minimum Gasteiger partial charge on any atom is -0.259 e. The number of aromatic nitrogens is 2. The highest BCUT2D eigenvalue weighted by Crippen LogP contribution is 2.21. The molecule has 0 saturated heterocycles. The Hall–Kier alpha value is -2.86. The van der Waals surface area contributed by atoms with Gasteiger partial charge in [-0.05, 0) is 11.1 Å². The van der Waals surface area contributed by atoms with Gasteiger partial charge in [-0.15, -0.1) is 0 Å². The van der Waals surface area contributed by atoms with Crippen LogP contribution in [0, 0.1) is 11.3 Å². The molecule has 0 N–H and O–H groups in total. The number of nitriles is 1. The number of hydrogen-bond acceptors (Lipinski definition) is 2. The van der Waals surface area contributed by atoms with Crippen LogP contribution in [0.15, 0.2) is 66.7 Å². The number of benzene rings is 2. The largest absolute Gasteiger partial charge is 0.259 e. The molecule has 3 aromatic rings. The molecule has 0 aliphatic rings. The van der Waals surface area contributed by atoms with E-state index in [4.69, 9.17) is 5.26 Å². The fourth-order valence-electron chi connectivity index (χ4n) is 2.19. The van der Waals surface area contributed by atoms with Crippen LogP contribution >= 0.6 is 0 Å². The Morgan fingerprint density at radius 2 is 1.60 bits per heavy atom. The number of rotatable bonds is 3. The lowest BCUT2D eigenvalue weighted by atomic mass is 10.1. The molecule has 0 saturated carbocycles. The Bertz CT molecular complexity index is 737. The summed E-state index contributed by atoms with van der Waals surface area (Å²) in [6, 6.07) is 24.1. The van der Waals surface area contributed by atoms with Gasteiger partial charge in [0.15, 0.2) is 5.69 Å². The summed E-state index contributed by atoms with van der Waals surface area (Å²) in [4.78, 5) is 0. The maximum atomic E-state index is 9.06. The van der Waals surface area contributed by atoms with Gasteiger partial charge >= 0.3 is 0 Å². The molecule has 0 unspecified atom stereocenters. The van der Waals surface area contributed by atoms with Crippen LogP contribution in [0.25, 0.3) is 11.3 Å².